The van der Waals surface area contributed by atoms with E-state index in [4.69, 9.17) is 14.5 Å². The van der Waals surface area contributed by atoms with Crippen LogP contribution in [0.25, 0.3) is 5.70 Å². The van der Waals surface area contributed by atoms with Crippen LogP contribution in [0, 0.1) is 26.7 Å². The maximum atomic E-state index is 12.9. The van der Waals surface area contributed by atoms with Crippen molar-refractivity contribution in [3.63, 3.8) is 0 Å². The van der Waals surface area contributed by atoms with Gasteiger partial charge in [-0.25, -0.2) is 4.99 Å². The van der Waals surface area contributed by atoms with Crippen LogP contribution in [0.2, 0.25) is 0 Å². The van der Waals surface area contributed by atoms with Gasteiger partial charge in [0.15, 0.2) is 11.5 Å². The molecule has 0 radical (unpaired) electrons. The molecule has 0 saturated heterocycles. The number of amides is 1. The lowest BCUT2D eigenvalue weighted by Gasteiger charge is -2.31. The minimum atomic E-state index is -0.136. The lowest BCUT2D eigenvalue weighted by Crippen LogP contribution is -2.47. The van der Waals surface area contributed by atoms with Crippen molar-refractivity contribution >= 4 is 23.1 Å². The predicted molar refractivity (Wildman–Crippen MR) is 125 cm³/mol. The van der Waals surface area contributed by atoms with Gasteiger partial charge in [0.25, 0.3) is 0 Å². The van der Waals surface area contributed by atoms with E-state index in [1.165, 1.54) is 5.56 Å². The summed E-state index contributed by atoms with van der Waals surface area (Å²) in [5.74, 6) is 1.82. The van der Waals surface area contributed by atoms with Crippen molar-refractivity contribution < 1.29 is 14.3 Å². The van der Waals surface area contributed by atoms with E-state index in [1.54, 1.807) is 19.1 Å². The Morgan fingerprint density at radius 2 is 1.68 bits per heavy atom. The topological polar surface area (TPSA) is 63.2 Å². The fourth-order valence-electron chi connectivity index (χ4n) is 3.75. The monoisotopic (exact) mass is 421 g/mol. The van der Waals surface area contributed by atoms with Gasteiger partial charge in [-0.2, -0.15) is 0 Å². The highest BCUT2D eigenvalue weighted by Gasteiger charge is 2.26. The number of aryl methyl sites for hydroxylation is 3. The molecule has 6 nitrogen and oxygen atoms in total. The van der Waals surface area contributed by atoms with Crippen LogP contribution >= 0.6 is 0 Å². The molecule has 1 aliphatic rings. The van der Waals surface area contributed by atoms with Gasteiger partial charge in [-0.3, -0.25) is 9.69 Å². The number of ether oxygens (including phenoxy) is 2. The second kappa shape index (κ2) is 9.25. The van der Waals surface area contributed by atoms with Gasteiger partial charge in [-0.05, 0) is 50.1 Å². The van der Waals surface area contributed by atoms with E-state index in [2.05, 4.69) is 24.4 Å². The van der Waals surface area contributed by atoms with Crippen LogP contribution in [0.1, 0.15) is 36.1 Å². The first-order chi connectivity index (χ1) is 14.7. The second-order valence-electron chi connectivity index (χ2n) is 8.10. The molecular formula is C25H31N3O3. The first-order valence-electron chi connectivity index (χ1n) is 10.4. The number of carbonyl (C=O) groups is 1. The van der Waals surface area contributed by atoms with Crippen LogP contribution in [-0.2, 0) is 4.79 Å². The van der Waals surface area contributed by atoms with Crippen molar-refractivity contribution in [3.8, 4) is 11.5 Å². The van der Waals surface area contributed by atoms with Crippen LogP contribution in [0.5, 0.6) is 11.5 Å². The number of carbonyl (C=O) groups excluding carboxylic acids is 1. The number of nitrogens with one attached hydrogen (secondary N) is 1. The highest BCUT2D eigenvalue weighted by molar-refractivity contribution is 6.10. The Hall–Kier alpha value is -3.28. The standard InChI is InChI=1S/C25H31N3O3/c1-15(2)25(29)28-14-26-20(19-8-9-21(30-6)22(12-19)31-7)13-23(28)27-24-17(4)10-16(3)11-18(24)5/h8-13,15,26H,14H2,1-7H3/b27-23-. The third-order valence-electron chi connectivity index (χ3n) is 5.29. The van der Waals surface area contributed by atoms with Crippen molar-refractivity contribution in [3.05, 3.63) is 58.7 Å². The molecule has 1 amide bonds. The van der Waals surface area contributed by atoms with Gasteiger partial charge >= 0.3 is 0 Å². The third-order valence-corrected chi connectivity index (χ3v) is 5.29. The normalized spacial score (nSPS) is 15.0. The van der Waals surface area contributed by atoms with Crippen molar-refractivity contribution in [1.29, 1.82) is 0 Å². The number of nitrogens with zero attached hydrogens (tertiary/aromatic N) is 2. The van der Waals surface area contributed by atoms with Crippen LogP contribution in [0.15, 0.2) is 41.4 Å². The first kappa shape index (κ1) is 22.4. The molecule has 0 unspecified atom stereocenters. The molecule has 0 bridgehead atoms. The Kier molecular flexibility index (Phi) is 6.68. The zero-order valence-electron chi connectivity index (χ0n) is 19.4. The summed E-state index contributed by atoms with van der Waals surface area (Å²) in [6.07, 6.45) is 1.92. The van der Waals surface area contributed by atoms with Gasteiger partial charge in [-0.15, -0.1) is 0 Å². The number of benzene rings is 2. The minimum absolute atomic E-state index is 0.0243. The zero-order chi connectivity index (χ0) is 22.7. The van der Waals surface area contributed by atoms with Gasteiger partial charge in [0, 0.05) is 23.3 Å². The molecule has 1 N–H and O–H groups in total. The SMILES string of the molecule is COc1ccc(C2=C/C(=N/c3c(C)cc(C)cc3C)N(C(=O)C(C)C)CN2)cc1OC. The van der Waals surface area contributed by atoms with Gasteiger partial charge < -0.3 is 14.8 Å². The number of hydrogen-bond donors (Lipinski definition) is 1. The molecule has 0 aliphatic carbocycles. The summed E-state index contributed by atoms with van der Waals surface area (Å²) >= 11 is 0. The molecule has 1 aliphatic heterocycles. The Labute approximate surface area is 184 Å². The number of rotatable bonds is 5. The van der Waals surface area contributed by atoms with Crippen LogP contribution in [-0.4, -0.2) is 37.5 Å². The van der Waals surface area contributed by atoms with Crippen molar-refractivity contribution in [2.24, 2.45) is 10.9 Å². The summed E-state index contributed by atoms with van der Waals surface area (Å²) in [5, 5.41) is 3.35. The number of hydrogen-bond acceptors (Lipinski definition) is 5. The smallest absolute Gasteiger partial charge is 0.232 e. The predicted octanol–water partition coefficient (Wildman–Crippen LogP) is 4.75. The highest BCUT2D eigenvalue weighted by atomic mass is 16.5. The molecular weight excluding hydrogens is 390 g/mol. The van der Waals surface area contributed by atoms with E-state index >= 15 is 0 Å². The van der Waals surface area contributed by atoms with Gasteiger partial charge in [0.05, 0.1) is 26.6 Å². The Morgan fingerprint density at radius 3 is 2.26 bits per heavy atom. The molecule has 6 heteroatoms. The molecule has 31 heavy (non-hydrogen) atoms. The van der Waals surface area contributed by atoms with Crippen molar-refractivity contribution in [1.82, 2.24) is 10.2 Å². The highest BCUT2D eigenvalue weighted by Crippen LogP contribution is 2.31. The molecule has 164 valence electrons. The first-order valence-corrected chi connectivity index (χ1v) is 10.4. The van der Waals surface area contributed by atoms with Gasteiger partial charge in [0.2, 0.25) is 5.91 Å². The maximum Gasteiger partial charge on any atom is 0.232 e. The van der Waals surface area contributed by atoms with E-state index in [0.29, 0.717) is 24.0 Å². The summed E-state index contributed by atoms with van der Waals surface area (Å²) < 4.78 is 10.8. The van der Waals surface area contributed by atoms with E-state index in [-0.39, 0.29) is 11.8 Å². The van der Waals surface area contributed by atoms with Crippen LogP contribution in [0.3, 0.4) is 0 Å². The van der Waals surface area contributed by atoms with Gasteiger partial charge in [0.1, 0.15) is 5.84 Å². The molecule has 2 aromatic rings. The third kappa shape index (κ3) is 4.74. The zero-order valence-corrected chi connectivity index (χ0v) is 19.4. The number of aliphatic imine (C=N–C) groups is 1. The molecule has 0 fully saturated rings. The molecule has 1 heterocycles. The average molecular weight is 422 g/mol. The van der Waals surface area contributed by atoms with E-state index in [9.17, 15) is 4.79 Å². The largest absolute Gasteiger partial charge is 0.493 e. The molecule has 0 spiro atoms. The second-order valence-corrected chi connectivity index (χ2v) is 8.10. The summed E-state index contributed by atoms with van der Waals surface area (Å²) in [5.41, 5.74) is 6.06. The maximum absolute atomic E-state index is 12.9. The summed E-state index contributed by atoms with van der Waals surface area (Å²) in [7, 11) is 3.23. The summed E-state index contributed by atoms with van der Waals surface area (Å²) in [6, 6.07) is 9.97. The van der Waals surface area contributed by atoms with Crippen molar-refractivity contribution in [2.75, 3.05) is 20.9 Å². The Balaban J connectivity index is 2.12. The molecule has 3 rings (SSSR count). The minimum Gasteiger partial charge on any atom is -0.493 e. The fourth-order valence-corrected chi connectivity index (χ4v) is 3.75. The summed E-state index contributed by atoms with van der Waals surface area (Å²) in [6.45, 7) is 10.3. The van der Waals surface area contributed by atoms with Crippen LogP contribution < -0.4 is 14.8 Å². The number of methoxy groups -OCH3 is 2. The fraction of sp³-hybridized carbons (Fsp3) is 0.360. The van der Waals surface area contributed by atoms with E-state index in [0.717, 1.165) is 28.1 Å². The average Bonchev–Trinajstić information content (AvgIpc) is 2.74. The Bertz CT molecular complexity index is 1030. The molecule has 2 aromatic carbocycles. The van der Waals surface area contributed by atoms with E-state index < -0.39 is 0 Å². The van der Waals surface area contributed by atoms with Gasteiger partial charge in [-0.1, -0.05) is 31.5 Å². The summed E-state index contributed by atoms with van der Waals surface area (Å²) in [4.78, 5) is 19.5. The quantitative estimate of drug-likeness (QED) is 0.757. The lowest BCUT2D eigenvalue weighted by molar-refractivity contribution is -0.130. The Morgan fingerprint density at radius 1 is 1.03 bits per heavy atom. The number of amidine groups is 1. The van der Waals surface area contributed by atoms with Crippen molar-refractivity contribution in [2.45, 2.75) is 34.6 Å². The van der Waals surface area contributed by atoms with Crippen LogP contribution in [0.4, 0.5) is 5.69 Å². The lowest BCUT2D eigenvalue weighted by atomic mass is 10.0. The molecule has 0 atom stereocenters. The molecule has 0 saturated carbocycles. The molecule has 0 aromatic heterocycles. The van der Waals surface area contributed by atoms with E-state index in [1.807, 2.05) is 52.0 Å².